The van der Waals surface area contributed by atoms with Crippen LogP contribution in [0.25, 0.3) is 10.8 Å². The Morgan fingerprint density at radius 3 is 2.45 bits per heavy atom. The lowest BCUT2D eigenvalue weighted by Gasteiger charge is -2.09. The predicted octanol–water partition coefficient (Wildman–Crippen LogP) is 5.02. The fourth-order valence-corrected chi connectivity index (χ4v) is 3.22. The maximum Gasteiger partial charge on any atom is 0.294 e. The number of hydrogen-bond donors (Lipinski definition) is 3. The van der Waals surface area contributed by atoms with Gasteiger partial charge in [-0.1, -0.05) is 18.6 Å². The minimum absolute atomic E-state index is 0.237. The third-order valence-electron chi connectivity index (χ3n) is 4.18. The molecule has 0 aliphatic heterocycles. The minimum Gasteiger partial charge on any atom is -0.323 e. The molecule has 0 saturated carbocycles. The Hall–Kier alpha value is -4.00. The molecule has 9 heteroatoms. The van der Waals surface area contributed by atoms with Crippen molar-refractivity contribution in [1.82, 2.24) is 0 Å². The second-order valence-electron chi connectivity index (χ2n) is 6.25. The van der Waals surface area contributed by atoms with Gasteiger partial charge in [0, 0.05) is 22.5 Å². The molecular formula is C22H18N4O4S. The average molecular weight is 434 g/mol. The molecule has 0 heterocycles. The van der Waals surface area contributed by atoms with Crippen molar-refractivity contribution in [3.63, 3.8) is 0 Å². The van der Waals surface area contributed by atoms with Crippen molar-refractivity contribution >= 4 is 49.5 Å². The number of hydrogen-bond acceptors (Lipinski definition) is 6. The molecule has 0 fully saturated rings. The predicted molar refractivity (Wildman–Crippen MR) is 120 cm³/mol. The van der Waals surface area contributed by atoms with E-state index in [1.807, 2.05) is 0 Å². The standard InChI is InChI=1S/C22H18N4O4S/c1-3-13-23-20-11-12-21(18-10-9-17(14-19(18)20)31(28,29)30)26-25-16-7-5-15(6-8-16)24-22(27)4-2/h4-12,14,23H,2H2,1H3,(H,24,27)(H,28,29,30). The highest BCUT2D eigenvalue weighted by Crippen LogP contribution is 2.34. The van der Waals surface area contributed by atoms with Crippen LogP contribution in [-0.4, -0.2) is 18.9 Å². The van der Waals surface area contributed by atoms with Gasteiger partial charge in [0.1, 0.15) is 0 Å². The molecule has 0 aromatic heterocycles. The number of nitrogens with zero attached hydrogens (tertiary/aromatic N) is 2. The van der Waals surface area contributed by atoms with E-state index < -0.39 is 10.1 Å². The molecule has 0 aliphatic carbocycles. The van der Waals surface area contributed by atoms with Crippen molar-refractivity contribution in [2.75, 3.05) is 10.6 Å². The normalized spacial score (nSPS) is 11.0. The Morgan fingerprint density at radius 1 is 1.06 bits per heavy atom. The Morgan fingerprint density at radius 2 is 1.81 bits per heavy atom. The summed E-state index contributed by atoms with van der Waals surface area (Å²) in [5.74, 6) is 2.39. The number of rotatable bonds is 6. The van der Waals surface area contributed by atoms with E-state index in [-0.39, 0.29) is 10.8 Å². The van der Waals surface area contributed by atoms with Crippen molar-refractivity contribution in [1.29, 1.82) is 0 Å². The van der Waals surface area contributed by atoms with E-state index in [0.29, 0.717) is 33.5 Å². The summed E-state index contributed by atoms with van der Waals surface area (Å²) in [6.45, 7) is 5.06. The first-order chi connectivity index (χ1) is 14.8. The van der Waals surface area contributed by atoms with Gasteiger partial charge in [0.05, 0.1) is 22.0 Å². The van der Waals surface area contributed by atoms with Crippen LogP contribution in [-0.2, 0) is 14.9 Å². The number of amides is 1. The van der Waals surface area contributed by atoms with Crippen molar-refractivity contribution in [3.05, 3.63) is 67.3 Å². The van der Waals surface area contributed by atoms with Gasteiger partial charge in [-0.3, -0.25) is 9.35 Å². The van der Waals surface area contributed by atoms with Crippen LogP contribution in [0.15, 0.2) is 82.4 Å². The van der Waals surface area contributed by atoms with Gasteiger partial charge in [-0.15, -0.1) is 5.11 Å². The van der Waals surface area contributed by atoms with Crippen LogP contribution >= 0.6 is 0 Å². The monoisotopic (exact) mass is 434 g/mol. The SMILES string of the molecule is C=CC(=O)Nc1ccc(N=Nc2ccc(NC#CC)c3cc(S(=O)(=O)O)ccc23)cc1. The molecule has 1 amide bonds. The van der Waals surface area contributed by atoms with Gasteiger partial charge in [-0.2, -0.15) is 13.5 Å². The summed E-state index contributed by atoms with van der Waals surface area (Å²) in [6, 6.07) is 17.1. The highest BCUT2D eigenvalue weighted by molar-refractivity contribution is 7.85. The molecule has 0 radical (unpaired) electrons. The number of nitrogens with one attached hydrogen (secondary N) is 2. The molecule has 3 N–H and O–H groups in total. The summed E-state index contributed by atoms with van der Waals surface area (Å²) in [4.78, 5) is 11.1. The first kappa shape index (κ1) is 21.7. The number of anilines is 2. The smallest absolute Gasteiger partial charge is 0.294 e. The number of benzene rings is 3. The molecule has 0 unspecified atom stereocenters. The Labute approximate surface area is 179 Å². The molecule has 156 valence electrons. The van der Waals surface area contributed by atoms with Crippen LogP contribution in [0, 0.1) is 12.0 Å². The minimum atomic E-state index is -4.37. The highest BCUT2D eigenvalue weighted by atomic mass is 32.2. The summed E-state index contributed by atoms with van der Waals surface area (Å²) < 4.78 is 32.5. The summed E-state index contributed by atoms with van der Waals surface area (Å²) in [5.41, 5.74) is 2.21. The van der Waals surface area contributed by atoms with Gasteiger partial charge >= 0.3 is 0 Å². The molecule has 0 aliphatic rings. The number of azo groups is 1. The zero-order chi connectivity index (χ0) is 22.4. The Bertz CT molecular complexity index is 1350. The fraction of sp³-hybridized carbons (Fsp3) is 0.0455. The summed E-state index contributed by atoms with van der Waals surface area (Å²) in [7, 11) is -4.37. The van der Waals surface area contributed by atoms with Crippen LogP contribution in [0.2, 0.25) is 0 Å². The molecule has 0 spiro atoms. The van der Waals surface area contributed by atoms with Crippen LogP contribution in [0.3, 0.4) is 0 Å². The fourth-order valence-electron chi connectivity index (χ4n) is 2.71. The van der Waals surface area contributed by atoms with E-state index in [1.165, 1.54) is 18.2 Å². The topological polar surface area (TPSA) is 120 Å². The first-order valence-electron chi connectivity index (χ1n) is 8.99. The Kier molecular flexibility index (Phi) is 6.45. The molecule has 8 nitrogen and oxygen atoms in total. The van der Waals surface area contributed by atoms with E-state index in [0.717, 1.165) is 0 Å². The van der Waals surface area contributed by atoms with Crippen LogP contribution < -0.4 is 10.6 Å². The van der Waals surface area contributed by atoms with Crippen molar-refractivity contribution < 1.29 is 17.8 Å². The Balaban J connectivity index is 1.99. The molecule has 3 rings (SSSR count). The number of carbonyl (C=O) groups excluding carboxylic acids is 1. The summed E-state index contributed by atoms with van der Waals surface area (Å²) >= 11 is 0. The molecule has 0 saturated heterocycles. The lowest BCUT2D eigenvalue weighted by Crippen LogP contribution is -2.06. The second kappa shape index (κ2) is 9.21. The summed E-state index contributed by atoms with van der Waals surface area (Å²) in [6.07, 6.45) is 1.18. The average Bonchev–Trinajstić information content (AvgIpc) is 2.76. The van der Waals surface area contributed by atoms with Gasteiger partial charge in [-0.25, -0.2) is 0 Å². The zero-order valence-electron chi connectivity index (χ0n) is 16.5. The second-order valence-corrected chi connectivity index (χ2v) is 7.68. The largest absolute Gasteiger partial charge is 0.323 e. The summed E-state index contributed by atoms with van der Waals surface area (Å²) in [5, 5.41) is 15.1. The lowest BCUT2D eigenvalue weighted by atomic mass is 10.1. The van der Waals surface area contributed by atoms with Crippen LogP contribution in [0.1, 0.15) is 6.92 Å². The van der Waals surface area contributed by atoms with Gasteiger partial charge in [0.15, 0.2) is 0 Å². The lowest BCUT2D eigenvalue weighted by molar-refractivity contribution is -0.111. The quantitative estimate of drug-likeness (QED) is 0.165. The van der Waals surface area contributed by atoms with Gasteiger partial charge < -0.3 is 10.6 Å². The van der Waals surface area contributed by atoms with E-state index in [2.05, 4.69) is 39.4 Å². The van der Waals surface area contributed by atoms with Crippen LogP contribution in [0.4, 0.5) is 22.7 Å². The molecule has 0 bridgehead atoms. The van der Waals surface area contributed by atoms with Gasteiger partial charge in [-0.05, 0) is 61.5 Å². The van der Waals surface area contributed by atoms with E-state index in [4.69, 9.17) is 0 Å². The molecule has 3 aromatic rings. The van der Waals surface area contributed by atoms with Crippen molar-refractivity contribution in [2.24, 2.45) is 10.2 Å². The third-order valence-corrected chi connectivity index (χ3v) is 5.03. The maximum atomic E-state index is 11.5. The van der Waals surface area contributed by atoms with Crippen LogP contribution in [0.5, 0.6) is 0 Å². The molecule has 31 heavy (non-hydrogen) atoms. The molecular weight excluding hydrogens is 416 g/mol. The van der Waals surface area contributed by atoms with Crippen molar-refractivity contribution in [2.45, 2.75) is 11.8 Å². The van der Waals surface area contributed by atoms with Crippen molar-refractivity contribution in [3.8, 4) is 12.0 Å². The number of fused-ring (bicyclic) bond motifs is 1. The first-order valence-corrected chi connectivity index (χ1v) is 10.4. The van der Waals surface area contributed by atoms with E-state index >= 15 is 0 Å². The molecule has 3 aromatic carbocycles. The highest BCUT2D eigenvalue weighted by Gasteiger charge is 2.13. The zero-order valence-corrected chi connectivity index (χ0v) is 17.3. The number of carbonyl (C=O) groups is 1. The van der Waals surface area contributed by atoms with E-state index in [1.54, 1.807) is 49.4 Å². The maximum absolute atomic E-state index is 11.5. The van der Waals surface area contributed by atoms with Gasteiger partial charge in [0.2, 0.25) is 5.91 Å². The van der Waals surface area contributed by atoms with Gasteiger partial charge in [0.25, 0.3) is 10.1 Å². The molecule has 0 atom stereocenters. The third kappa shape index (κ3) is 5.33. The van der Waals surface area contributed by atoms with E-state index in [9.17, 15) is 17.8 Å².